The second-order valence-electron chi connectivity index (χ2n) is 8.37. The number of carbonyl (C=O) groups excluding carboxylic acids is 2. The van der Waals surface area contributed by atoms with Gasteiger partial charge in [-0.3, -0.25) is 19.1 Å². The van der Waals surface area contributed by atoms with Crippen molar-refractivity contribution in [3.63, 3.8) is 0 Å². The number of nitrogens with zero attached hydrogens (tertiary/aromatic N) is 4. The molecule has 5 rings (SSSR count). The Labute approximate surface area is 203 Å². The predicted octanol–water partition coefficient (Wildman–Crippen LogP) is 3.35. The zero-order valence-corrected chi connectivity index (χ0v) is 18.8. The van der Waals surface area contributed by atoms with Crippen molar-refractivity contribution in [1.82, 2.24) is 14.7 Å². The second-order valence-corrected chi connectivity index (χ2v) is 8.37. The number of hydrogen-bond acceptors (Lipinski definition) is 4. The lowest BCUT2D eigenvalue weighted by molar-refractivity contribution is -0.120. The quantitative estimate of drug-likeness (QED) is 0.438. The lowest BCUT2D eigenvalue weighted by atomic mass is 10.1. The first-order chi connectivity index (χ1) is 17.3. The van der Waals surface area contributed by atoms with E-state index in [4.69, 9.17) is 0 Å². The van der Waals surface area contributed by atoms with E-state index in [9.17, 15) is 27.6 Å². The molecule has 1 aliphatic heterocycles. The lowest BCUT2D eigenvalue weighted by Gasteiger charge is -2.34. The smallest absolute Gasteiger partial charge is 0.257 e. The van der Waals surface area contributed by atoms with Crippen LogP contribution in [0.3, 0.4) is 0 Å². The highest BCUT2D eigenvalue weighted by Crippen LogP contribution is 2.22. The largest absolute Gasteiger partial charge is 0.327 e. The van der Waals surface area contributed by atoms with Gasteiger partial charge in [0.2, 0.25) is 11.3 Å². The van der Waals surface area contributed by atoms with Gasteiger partial charge in [0.05, 0.1) is 23.8 Å². The van der Waals surface area contributed by atoms with Crippen molar-refractivity contribution in [2.24, 2.45) is 0 Å². The molecule has 0 unspecified atom stereocenters. The van der Waals surface area contributed by atoms with E-state index in [1.54, 1.807) is 28.9 Å². The number of hydrogen-bond donors (Lipinski definition) is 0. The third kappa shape index (κ3) is 4.33. The maximum Gasteiger partial charge on any atom is 0.257 e. The molecule has 0 radical (unpaired) electrons. The number of piperazine rings is 1. The van der Waals surface area contributed by atoms with Gasteiger partial charge in [0, 0.05) is 30.2 Å². The van der Waals surface area contributed by atoms with E-state index >= 15 is 0 Å². The van der Waals surface area contributed by atoms with Crippen LogP contribution in [0.4, 0.5) is 18.9 Å². The summed E-state index contributed by atoms with van der Waals surface area (Å²) in [5.74, 6) is -4.01. The van der Waals surface area contributed by atoms with E-state index in [1.165, 1.54) is 40.3 Å². The van der Waals surface area contributed by atoms with Gasteiger partial charge in [-0.2, -0.15) is 5.10 Å². The monoisotopic (exact) mass is 492 g/mol. The summed E-state index contributed by atoms with van der Waals surface area (Å²) in [7, 11) is 0. The van der Waals surface area contributed by atoms with Gasteiger partial charge >= 0.3 is 0 Å². The summed E-state index contributed by atoms with van der Waals surface area (Å²) in [5.41, 5.74) is 0.935. The van der Waals surface area contributed by atoms with E-state index in [0.29, 0.717) is 16.5 Å². The zero-order valence-electron chi connectivity index (χ0n) is 18.8. The number of amides is 2. The van der Waals surface area contributed by atoms with Crippen LogP contribution in [0.15, 0.2) is 71.7 Å². The molecule has 0 saturated carbocycles. The van der Waals surface area contributed by atoms with E-state index in [0.717, 1.165) is 12.1 Å². The number of anilines is 1. The van der Waals surface area contributed by atoms with Crippen LogP contribution in [0.1, 0.15) is 15.9 Å². The van der Waals surface area contributed by atoms with E-state index in [1.807, 2.05) is 0 Å². The molecule has 0 atom stereocenters. The maximum absolute atomic E-state index is 14.7. The number of carbonyl (C=O) groups is 2. The SMILES string of the molecule is O=C(c1cc(Cn2ncc(=O)c3ccccc32)ccc1F)N1CCN(c2ccc(F)c(F)c2)C(=O)C1. The predicted molar refractivity (Wildman–Crippen MR) is 126 cm³/mol. The van der Waals surface area contributed by atoms with Gasteiger partial charge in [0.15, 0.2) is 11.6 Å². The maximum atomic E-state index is 14.7. The van der Waals surface area contributed by atoms with Crippen molar-refractivity contribution >= 4 is 28.4 Å². The standard InChI is InChI=1S/C26H19F3N4O3/c27-20-7-5-16(14-33-23-4-2-1-3-18(23)24(34)13-30-33)11-19(20)26(36)31-9-10-32(25(35)15-31)17-6-8-21(28)22(29)12-17/h1-8,11-13H,9-10,14-15H2. The first-order valence-corrected chi connectivity index (χ1v) is 11.1. The molecule has 0 bridgehead atoms. The molecular formula is C26H19F3N4O3. The highest BCUT2D eigenvalue weighted by molar-refractivity contribution is 6.01. The van der Waals surface area contributed by atoms with Gasteiger partial charge in [-0.05, 0) is 42.0 Å². The Morgan fingerprint density at radius 1 is 0.889 bits per heavy atom. The highest BCUT2D eigenvalue weighted by Gasteiger charge is 2.30. The molecule has 1 fully saturated rings. The summed E-state index contributed by atoms with van der Waals surface area (Å²) in [6.45, 7) is -0.0268. The second kappa shape index (κ2) is 9.29. The zero-order chi connectivity index (χ0) is 25.4. The van der Waals surface area contributed by atoms with Crippen molar-refractivity contribution in [2.45, 2.75) is 6.54 Å². The Balaban J connectivity index is 1.36. The molecule has 3 aromatic carbocycles. The van der Waals surface area contributed by atoms with Crippen LogP contribution in [0, 0.1) is 17.5 Å². The van der Waals surface area contributed by atoms with Gasteiger partial charge in [0.1, 0.15) is 12.4 Å². The Morgan fingerprint density at radius 3 is 2.44 bits per heavy atom. The topological polar surface area (TPSA) is 75.5 Å². The lowest BCUT2D eigenvalue weighted by Crippen LogP contribution is -2.52. The van der Waals surface area contributed by atoms with E-state index < -0.39 is 29.3 Å². The van der Waals surface area contributed by atoms with Gasteiger partial charge in [-0.1, -0.05) is 18.2 Å². The van der Waals surface area contributed by atoms with Crippen LogP contribution >= 0.6 is 0 Å². The molecule has 2 amide bonds. The number of halogens is 3. The van der Waals surface area contributed by atoms with Gasteiger partial charge in [-0.15, -0.1) is 0 Å². The summed E-state index contributed by atoms with van der Waals surface area (Å²) in [4.78, 5) is 40.3. The molecule has 4 aromatic rings. The number of benzene rings is 3. The Kier molecular flexibility index (Phi) is 6.01. The molecule has 7 nitrogen and oxygen atoms in total. The minimum atomic E-state index is -1.08. The molecule has 182 valence electrons. The summed E-state index contributed by atoms with van der Waals surface area (Å²) < 4.78 is 43.1. The Morgan fingerprint density at radius 2 is 1.67 bits per heavy atom. The minimum absolute atomic E-state index is 0.0459. The van der Waals surface area contributed by atoms with Crippen LogP contribution in [0.25, 0.3) is 10.9 Å². The van der Waals surface area contributed by atoms with E-state index in [2.05, 4.69) is 5.10 Å². The fraction of sp³-hybridized carbons (Fsp3) is 0.154. The summed E-state index contributed by atoms with van der Waals surface area (Å²) in [5, 5.41) is 4.65. The third-order valence-electron chi connectivity index (χ3n) is 6.08. The first kappa shape index (κ1) is 23.3. The molecule has 2 heterocycles. The number of para-hydroxylation sites is 1. The molecular weight excluding hydrogens is 473 g/mol. The fourth-order valence-electron chi connectivity index (χ4n) is 4.24. The first-order valence-electron chi connectivity index (χ1n) is 11.1. The van der Waals surface area contributed by atoms with E-state index in [-0.39, 0.29) is 42.9 Å². The molecule has 0 spiro atoms. The Hall–Kier alpha value is -4.47. The van der Waals surface area contributed by atoms with Crippen molar-refractivity contribution in [1.29, 1.82) is 0 Å². The summed E-state index contributed by atoms with van der Waals surface area (Å²) in [6, 6.07) is 14.2. The van der Waals surface area contributed by atoms with Crippen LogP contribution < -0.4 is 10.3 Å². The minimum Gasteiger partial charge on any atom is -0.327 e. The van der Waals surface area contributed by atoms with Gasteiger partial charge < -0.3 is 9.80 Å². The van der Waals surface area contributed by atoms with Crippen molar-refractivity contribution in [2.75, 3.05) is 24.5 Å². The van der Waals surface area contributed by atoms with Gasteiger partial charge in [0.25, 0.3) is 5.91 Å². The molecule has 1 saturated heterocycles. The third-order valence-corrected chi connectivity index (χ3v) is 6.08. The number of aromatic nitrogens is 2. The fourth-order valence-corrected chi connectivity index (χ4v) is 4.24. The average molecular weight is 492 g/mol. The molecule has 0 N–H and O–H groups in total. The highest BCUT2D eigenvalue weighted by atomic mass is 19.2. The van der Waals surface area contributed by atoms with Crippen LogP contribution in [-0.4, -0.2) is 46.1 Å². The van der Waals surface area contributed by atoms with Crippen molar-refractivity contribution in [3.05, 3.63) is 106 Å². The van der Waals surface area contributed by atoms with Crippen LogP contribution in [0.2, 0.25) is 0 Å². The molecule has 10 heteroatoms. The number of fused-ring (bicyclic) bond motifs is 1. The van der Waals surface area contributed by atoms with Crippen molar-refractivity contribution < 1.29 is 22.8 Å². The summed E-state index contributed by atoms with van der Waals surface area (Å²) in [6.07, 6.45) is 1.20. The summed E-state index contributed by atoms with van der Waals surface area (Å²) >= 11 is 0. The van der Waals surface area contributed by atoms with Crippen molar-refractivity contribution in [3.8, 4) is 0 Å². The molecule has 1 aromatic heterocycles. The Bertz CT molecular complexity index is 1570. The molecule has 1 aliphatic rings. The molecule has 36 heavy (non-hydrogen) atoms. The van der Waals surface area contributed by atoms with Crippen LogP contribution in [0.5, 0.6) is 0 Å². The van der Waals surface area contributed by atoms with Gasteiger partial charge in [-0.25, -0.2) is 13.2 Å². The number of rotatable bonds is 4. The molecule has 0 aliphatic carbocycles. The van der Waals surface area contributed by atoms with Crippen LogP contribution in [-0.2, 0) is 11.3 Å². The normalized spacial score (nSPS) is 13.9. The average Bonchev–Trinajstić information content (AvgIpc) is 2.88.